The number of urea groups is 1. The van der Waals surface area contributed by atoms with E-state index in [2.05, 4.69) is 15.3 Å². The van der Waals surface area contributed by atoms with Crippen LogP contribution in [0.4, 0.5) is 9.59 Å². The number of carbonyl (C=O) groups excluding carboxylic acids is 2. The number of nitrogens with zero attached hydrogens (tertiary/aromatic N) is 5. The lowest BCUT2D eigenvalue weighted by Gasteiger charge is -2.30. The van der Waals surface area contributed by atoms with Gasteiger partial charge in [0.2, 0.25) is 0 Å². The van der Waals surface area contributed by atoms with E-state index in [9.17, 15) is 14.7 Å². The number of hydrogen-bond acceptors (Lipinski definition) is 6. The van der Waals surface area contributed by atoms with Gasteiger partial charge in [-0.1, -0.05) is 29.8 Å². The van der Waals surface area contributed by atoms with Crippen LogP contribution in [0.5, 0.6) is 0 Å². The van der Waals surface area contributed by atoms with Crippen molar-refractivity contribution >= 4 is 29.4 Å². The van der Waals surface area contributed by atoms with E-state index in [1.807, 2.05) is 54.9 Å². The third kappa shape index (κ3) is 7.58. The molecule has 0 unspecified atom stereocenters. The van der Waals surface area contributed by atoms with Gasteiger partial charge in [-0.3, -0.25) is 0 Å². The minimum atomic E-state index is -0.633. The minimum absolute atomic E-state index is 0.0379. The second-order valence-corrected chi connectivity index (χ2v) is 10.3. The lowest BCUT2D eigenvalue weighted by Crippen LogP contribution is -2.46. The summed E-state index contributed by atoms with van der Waals surface area (Å²) in [4.78, 5) is 37.6. The first-order chi connectivity index (χ1) is 18.0. The number of hydrogen-bond donors (Lipinski definition) is 2. The number of fused-ring (bicyclic) bond motifs is 1. The first-order valence-electron chi connectivity index (χ1n) is 12.8. The van der Waals surface area contributed by atoms with Crippen molar-refractivity contribution in [3.8, 4) is 11.3 Å². The Balaban J connectivity index is 1.67. The number of aromatic nitrogens is 3. The van der Waals surface area contributed by atoms with E-state index < -0.39 is 11.7 Å². The summed E-state index contributed by atoms with van der Waals surface area (Å²) >= 11 is 6.32. The van der Waals surface area contributed by atoms with E-state index in [0.717, 1.165) is 11.1 Å². The SMILES string of the molecule is CCN(C(=O)NCCN(CCCO)C(=O)OC(C)(C)C)[C@H](C)c1cccc(-c2cn3ccnc3c(Cl)n2)c1. The zero-order valence-corrected chi connectivity index (χ0v) is 23.4. The van der Waals surface area contributed by atoms with E-state index in [4.69, 9.17) is 16.3 Å². The van der Waals surface area contributed by atoms with Gasteiger partial charge in [-0.2, -0.15) is 0 Å². The number of rotatable bonds is 10. The Labute approximate surface area is 228 Å². The van der Waals surface area contributed by atoms with E-state index in [0.29, 0.717) is 36.0 Å². The van der Waals surface area contributed by atoms with Crippen molar-refractivity contribution < 1.29 is 19.4 Å². The molecule has 2 aromatic heterocycles. The lowest BCUT2D eigenvalue weighted by atomic mass is 10.0. The van der Waals surface area contributed by atoms with Crippen molar-refractivity contribution in [2.24, 2.45) is 0 Å². The Morgan fingerprint density at radius 3 is 2.71 bits per heavy atom. The van der Waals surface area contributed by atoms with Crippen LogP contribution in [0.15, 0.2) is 42.9 Å². The first-order valence-corrected chi connectivity index (χ1v) is 13.1. The fourth-order valence-electron chi connectivity index (χ4n) is 4.05. The van der Waals surface area contributed by atoms with E-state index in [-0.39, 0.29) is 31.8 Å². The molecule has 11 heteroatoms. The van der Waals surface area contributed by atoms with Crippen LogP contribution in [0.3, 0.4) is 0 Å². The molecule has 2 N–H and O–H groups in total. The normalized spacial score (nSPS) is 12.3. The van der Waals surface area contributed by atoms with E-state index >= 15 is 0 Å². The summed E-state index contributed by atoms with van der Waals surface area (Å²) in [7, 11) is 0. The summed E-state index contributed by atoms with van der Waals surface area (Å²) in [6.45, 7) is 10.6. The maximum atomic E-state index is 13.1. The van der Waals surface area contributed by atoms with Crippen molar-refractivity contribution in [2.45, 2.75) is 52.7 Å². The van der Waals surface area contributed by atoms with Crippen LogP contribution >= 0.6 is 11.6 Å². The summed E-state index contributed by atoms with van der Waals surface area (Å²) in [6.07, 6.45) is 5.31. The van der Waals surface area contributed by atoms with E-state index in [1.54, 1.807) is 31.9 Å². The highest BCUT2D eigenvalue weighted by atomic mass is 35.5. The van der Waals surface area contributed by atoms with Crippen molar-refractivity contribution in [2.75, 3.05) is 32.8 Å². The van der Waals surface area contributed by atoms with Gasteiger partial charge in [0.05, 0.1) is 11.7 Å². The van der Waals surface area contributed by atoms with Crippen LogP contribution in [-0.2, 0) is 4.74 Å². The quantitative estimate of drug-likeness (QED) is 0.380. The molecular weight excluding hydrogens is 508 g/mol. The maximum absolute atomic E-state index is 13.1. The summed E-state index contributed by atoms with van der Waals surface area (Å²) in [6, 6.07) is 7.40. The second kappa shape index (κ2) is 12.9. The summed E-state index contributed by atoms with van der Waals surface area (Å²) in [5.41, 5.74) is 2.48. The number of benzene rings is 1. The average Bonchev–Trinajstić information content (AvgIpc) is 3.35. The van der Waals surface area contributed by atoms with Gasteiger partial charge in [0.1, 0.15) is 5.60 Å². The third-order valence-corrected chi connectivity index (χ3v) is 6.22. The molecule has 2 heterocycles. The predicted octanol–water partition coefficient (Wildman–Crippen LogP) is 4.76. The van der Waals surface area contributed by atoms with Crippen LogP contribution < -0.4 is 5.32 Å². The number of ether oxygens (including phenoxy) is 1. The maximum Gasteiger partial charge on any atom is 0.410 e. The molecule has 0 aliphatic rings. The number of halogens is 1. The summed E-state index contributed by atoms with van der Waals surface area (Å²) in [5.74, 6) is 0. The molecular formula is C27H37ClN6O4. The van der Waals surface area contributed by atoms with Gasteiger partial charge in [0.25, 0.3) is 0 Å². The van der Waals surface area contributed by atoms with Crippen LogP contribution in [0.25, 0.3) is 16.9 Å². The molecule has 0 fully saturated rings. The molecule has 3 aromatic rings. The molecule has 0 saturated heterocycles. The molecule has 0 aliphatic heterocycles. The van der Waals surface area contributed by atoms with Crippen molar-refractivity contribution in [3.63, 3.8) is 0 Å². The molecule has 206 valence electrons. The smallest absolute Gasteiger partial charge is 0.410 e. The van der Waals surface area contributed by atoms with Crippen LogP contribution in [-0.4, -0.2) is 79.8 Å². The molecule has 0 radical (unpaired) electrons. The third-order valence-electron chi connectivity index (χ3n) is 5.96. The largest absolute Gasteiger partial charge is 0.444 e. The molecule has 1 atom stereocenters. The number of nitrogens with one attached hydrogen (secondary N) is 1. The van der Waals surface area contributed by atoms with Gasteiger partial charge in [0.15, 0.2) is 10.8 Å². The van der Waals surface area contributed by atoms with Gasteiger partial charge in [-0.05, 0) is 52.7 Å². The highest BCUT2D eigenvalue weighted by molar-refractivity contribution is 6.32. The van der Waals surface area contributed by atoms with Gasteiger partial charge in [0, 0.05) is 56.9 Å². The van der Waals surface area contributed by atoms with E-state index in [1.165, 1.54) is 4.90 Å². The van der Waals surface area contributed by atoms with Gasteiger partial charge >= 0.3 is 12.1 Å². The van der Waals surface area contributed by atoms with Crippen molar-refractivity contribution in [1.82, 2.24) is 29.5 Å². The Morgan fingerprint density at radius 1 is 1.26 bits per heavy atom. The standard InChI is InChI=1S/C27H37ClN6O4/c1-6-34(25(36)30-12-14-32(13-8-16-35)26(37)38-27(3,4)5)19(2)20-9-7-10-21(17-20)22-18-33-15-11-29-24(33)23(28)31-22/h7,9-11,15,17-19,35H,6,8,12-14,16H2,1-5H3,(H,30,36)/t19-/m1/s1. The van der Waals surface area contributed by atoms with Crippen LogP contribution in [0.2, 0.25) is 5.15 Å². The lowest BCUT2D eigenvalue weighted by molar-refractivity contribution is 0.0242. The number of imidazole rings is 1. The monoisotopic (exact) mass is 544 g/mol. The van der Waals surface area contributed by atoms with Gasteiger partial charge < -0.3 is 29.4 Å². The topological polar surface area (TPSA) is 112 Å². The number of aliphatic hydroxyl groups excluding tert-OH is 1. The number of carbonyl (C=O) groups is 2. The zero-order chi connectivity index (χ0) is 27.9. The highest BCUT2D eigenvalue weighted by Gasteiger charge is 2.23. The molecule has 0 saturated carbocycles. The van der Waals surface area contributed by atoms with Crippen molar-refractivity contribution in [1.29, 1.82) is 0 Å². The average molecular weight is 545 g/mol. The Morgan fingerprint density at radius 2 is 2.03 bits per heavy atom. The minimum Gasteiger partial charge on any atom is -0.444 e. The van der Waals surface area contributed by atoms with Gasteiger partial charge in [-0.25, -0.2) is 19.6 Å². The molecule has 38 heavy (non-hydrogen) atoms. The molecule has 10 nitrogen and oxygen atoms in total. The fourth-order valence-corrected chi connectivity index (χ4v) is 4.28. The second-order valence-electron chi connectivity index (χ2n) is 9.94. The molecule has 0 spiro atoms. The van der Waals surface area contributed by atoms with Crippen molar-refractivity contribution in [3.05, 3.63) is 53.6 Å². The zero-order valence-electron chi connectivity index (χ0n) is 22.6. The molecule has 0 bridgehead atoms. The molecule has 3 rings (SSSR count). The summed E-state index contributed by atoms with van der Waals surface area (Å²) in [5, 5.41) is 12.4. The Kier molecular flexibility index (Phi) is 9.93. The fraction of sp³-hybridized carbons (Fsp3) is 0.481. The molecule has 0 aliphatic carbocycles. The predicted molar refractivity (Wildman–Crippen MR) is 147 cm³/mol. The Hall–Kier alpha value is -3.37. The van der Waals surface area contributed by atoms with Crippen LogP contribution in [0.1, 0.15) is 52.6 Å². The first kappa shape index (κ1) is 29.2. The number of aliphatic hydroxyl groups is 1. The van der Waals surface area contributed by atoms with Crippen LogP contribution in [0, 0.1) is 0 Å². The molecule has 1 aromatic carbocycles. The number of amides is 3. The summed E-state index contributed by atoms with van der Waals surface area (Å²) < 4.78 is 7.28. The Bertz CT molecular complexity index is 1240. The van der Waals surface area contributed by atoms with Gasteiger partial charge in [-0.15, -0.1) is 0 Å². The molecule has 3 amide bonds. The highest BCUT2D eigenvalue weighted by Crippen LogP contribution is 2.27.